The highest BCUT2D eigenvalue weighted by Gasteiger charge is 2.37. The number of amides is 1. The number of carbonyl (C=O) groups is 1. The van der Waals surface area contributed by atoms with Crippen LogP contribution in [0.3, 0.4) is 0 Å². The number of alkyl halides is 6. The van der Waals surface area contributed by atoms with E-state index in [0.29, 0.717) is 25.2 Å². The quantitative estimate of drug-likeness (QED) is 0.285. The Morgan fingerprint density at radius 2 is 1.31 bits per heavy atom. The van der Waals surface area contributed by atoms with Crippen molar-refractivity contribution in [2.75, 3.05) is 26.2 Å². The third-order valence-corrected chi connectivity index (χ3v) is 6.74. The number of halogens is 6. The second kappa shape index (κ2) is 10.4. The zero-order chi connectivity index (χ0) is 27.8. The summed E-state index contributed by atoms with van der Waals surface area (Å²) in [6.07, 6.45) is -9.79. The van der Waals surface area contributed by atoms with Crippen LogP contribution in [0.5, 0.6) is 0 Å². The van der Waals surface area contributed by atoms with Crippen LogP contribution in [0.15, 0.2) is 72.8 Å². The summed E-state index contributed by atoms with van der Waals surface area (Å²) in [7, 11) is 0. The van der Waals surface area contributed by atoms with Crippen LogP contribution in [0, 0.1) is 0 Å². The van der Waals surface area contributed by atoms with E-state index in [1.165, 1.54) is 0 Å². The van der Waals surface area contributed by atoms with Gasteiger partial charge in [0.2, 0.25) is 5.82 Å². The van der Waals surface area contributed by atoms with Crippen LogP contribution in [-0.4, -0.2) is 51.4 Å². The summed E-state index contributed by atoms with van der Waals surface area (Å²) in [4.78, 5) is 21.5. The van der Waals surface area contributed by atoms with Gasteiger partial charge in [-0.25, -0.2) is 4.98 Å². The van der Waals surface area contributed by atoms with Gasteiger partial charge in [-0.15, -0.1) is 0 Å². The maximum atomic E-state index is 13.5. The van der Waals surface area contributed by atoms with Gasteiger partial charge in [-0.2, -0.15) is 26.3 Å². The predicted octanol–water partition coefficient (Wildman–Crippen LogP) is 6.08. The Kier molecular flexibility index (Phi) is 7.11. The van der Waals surface area contributed by atoms with E-state index in [1.54, 1.807) is 9.80 Å². The number of para-hydroxylation sites is 2. The number of carbonyl (C=O) groups excluding carboxylic acids is 1. The average Bonchev–Trinajstić information content (AvgIpc) is 3.26. The maximum absolute atomic E-state index is 13.5. The van der Waals surface area contributed by atoms with Crippen molar-refractivity contribution < 1.29 is 31.1 Å². The molecule has 1 aliphatic rings. The molecular formula is C28H24F6N4O. The average molecular weight is 547 g/mol. The number of benzene rings is 3. The Hall–Kier alpha value is -3.86. The molecule has 0 saturated carbocycles. The van der Waals surface area contributed by atoms with Gasteiger partial charge >= 0.3 is 12.4 Å². The highest BCUT2D eigenvalue weighted by atomic mass is 19.4. The second-order valence-corrected chi connectivity index (χ2v) is 9.48. The van der Waals surface area contributed by atoms with Crippen LogP contribution in [0.2, 0.25) is 0 Å². The molecule has 1 saturated heterocycles. The van der Waals surface area contributed by atoms with Gasteiger partial charge in [-0.1, -0.05) is 42.5 Å². The van der Waals surface area contributed by atoms with E-state index >= 15 is 0 Å². The number of fused-ring (bicyclic) bond motifs is 1. The molecule has 1 aromatic heterocycles. The molecule has 3 aromatic carbocycles. The summed E-state index contributed by atoms with van der Waals surface area (Å²) < 4.78 is 81.2. The highest BCUT2D eigenvalue weighted by Crippen LogP contribution is 2.36. The number of hydrogen-bond acceptors (Lipinski definition) is 3. The molecule has 1 aliphatic heterocycles. The van der Waals surface area contributed by atoms with Crippen LogP contribution in [0.25, 0.3) is 11.0 Å². The number of hydrogen-bond donors (Lipinski definition) is 0. The molecule has 5 rings (SSSR count). The van der Waals surface area contributed by atoms with Gasteiger partial charge in [0.15, 0.2) is 0 Å². The van der Waals surface area contributed by atoms with E-state index in [9.17, 15) is 31.1 Å². The molecule has 0 aliphatic carbocycles. The first-order chi connectivity index (χ1) is 18.5. The van der Waals surface area contributed by atoms with Gasteiger partial charge in [0, 0.05) is 39.3 Å². The fourth-order valence-electron chi connectivity index (χ4n) is 4.78. The summed E-state index contributed by atoms with van der Waals surface area (Å²) in [6, 6.07) is 18.7. The van der Waals surface area contributed by atoms with Gasteiger partial charge in [0.05, 0.1) is 22.2 Å². The molecule has 1 amide bonds. The predicted molar refractivity (Wildman–Crippen MR) is 133 cm³/mol. The lowest BCUT2D eigenvalue weighted by molar-refractivity contribution is -0.143. The van der Waals surface area contributed by atoms with Crippen molar-refractivity contribution in [2.45, 2.75) is 25.4 Å². The summed E-state index contributed by atoms with van der Waals surface area (Å²) in [5, 5.41) is 0. The highest BCUT2D eigenvalue weighted by molar-refractivity contribution is 5.95. The van der Waals surface area contributed by atoms with Gasteiger partial charge in [-0.3, -0.25) is 9.69 Å². The van der Waals surface area contributed by atoms with Crippen molar-refractivity contribution >= 4 is 16.9 Å². The van der Waals surface area contributed by atoms with E-state index in [4.69, 9.17) is 0 Å². The van der Waals surface area contributed by atoms with Crippen molar-refractivity contribution in [2.24, 2.45) is 0 Å². The summed E-state index contributed by atoms with van der Waals surface area (Å²) in [6.45, 7) is 1.46. The molecule has 0 unspecified atom stereocenters. The van der Waals surface area contributed by atoms with Crippen molar-refractivity contribution in [1.29, 1.82) is 0 Å². The SMILES string of the molecule is O=C(c1nc2ccccc2n1Cc1ccccc1)N1CCN(Cc2cc(C(F)(F)F)cc(C(F)(F)F)c2)CC1. The molecule has 11 heteroatoms. The van der Waals surface area contributed by atoms with Crippen LogP contribution in [0.1, 0.15) is 32.9 Å². The summed E-state index contributed by atoms with van der Waals surface area (Å²) in [5.74, 6) is 0.00130. The molecule has 0 N–H and O–H groups in total. The van der Waals surface area contributed by atoms with Crippen LogP contribution in [0.4, 0.5) is 26.3 Å². The molecule has 0 atom stereocenters. The number of nitrogens with zero attached hydrogens (tertiary/aromatic N) is 4. The van der Waals surface area contributed by atoms with Crippen molar-refractivity contribution in [3.8, 4) is 0 Å². The summed E-state index contributed by atoms with van der Waals surface area (Å²) >= 11 is 0. The first-order valence-electron chi connectivity index (χ1n) is 12.3. The van der Waals surface area contributed by atoms with E-state index in [1.807, 2.05) is 59.2 Å². The molecule has 0 radical (unpaired) electrons. The minimum Gasteiger partial charge on any atom is -0.333 e. The van der Waals surface area contributed by atoms with Gasteiger partial charge in [0.1, 0.15) is 0 Å². The number of imidazole rings is 1. The third kappa shape index (κ3) is 5.93. The standard InChI is InChI=1S/C28H24F6N4O/c29-27(30,31)21-14-20(15-22(16-21)28(32,33)34)17-36-10-12-37(13-11-36)26(39)25-35-23-8-4-5-9-24(23)38(25)18-19-6-2-1-3-7-19/h1-9,14-16H,10-13,17-18H2. The lowest BCUT2D eigenvalue weighted by atomic mass is 10.0. The molecule has 1 fully saturated rings. The number of piperazine rings is 1. The first-order valence-corrected chi connectivity index (χ1v) is 12.3. The maximum Gasteiger partial charge on any atom is 0.416 e. The monoisotopic (exact) mass is 546 g/mol. The Bertz CT molecular complexity index is 1440. The molecule has 5 nitrogen and oxygen atoms in total. The fraction of sp³-hybridized carbons (Fsp3) is 0.286. The second-order valence-electron chi connectivity index (χ2n) is 9.48. The Balaban J connectivity index is 1.32. The minimum atomic E-state index is -4.90. The topological polar surface area (TPSA) is 41.4 Å². The van der Waals surface area contributed by atoms with E-state index in [2.05, 4.69) is 4.98 Å². The molecule has 2 heterocycles. The molecule has 0 spiro atoms. The zero-order valence-electron chi connectivity index (χ0n) is 20.6. The normalized spacial score (nSPS) is 15.2. The smallest absolute Gasteiger partial charge is 0.333 e. The summed E-state index contributed by atoms with van der Waals surface area (Å²) in [5.41, 5.74) is -0.258. The van der Waals surface area contributed by atoms with Crippen molar-refractivity contribution in [3.63, 3.8) is 0 Å². The van der Waals surface area contributed by atoms with E-state index < -0.39 is 23.5 Å². The Labute approximate surface area is 220 Å². The van der Waals surface area contributed by atoms with Gasteiger partial charge in [0.25, 0.3) is 5.91 Å². The number of rotatable bonds is 5. The number of aromatic nitrogens is 2. The third-order valence-electron chi connectivity index (χ3n) is 6.74. The zero-order valence-corrected chi connectivity index (χ0v) is 20.6. The van der Waals surface area contributed by atoms with Crippen LogP contribution in [-0.2, 0) is 25.4 Å². The molecule has 204 valence electrons. The molecule has 4 aromatic rings. The largest absolute Gasteiger partial charge is 0.416 e. The molecular weight excluding hydrogens is 522 g/mol. The van der Waals surface area contributed by atoms with Crippen LogP contribution < -0.4 is 0 Å². The lowest BCUT2D eigenvalue weighted by Gasteiger charge is -2.34. The van der Waals surface area contributed by atoms with Crippen molar-refractivity contribution in [1.82, 2.24) is 19.4 Å². The lowest BCUT2D eigenvalue weighted by Crippen LogP contribution is -2.48. The Morgan fingerprint density at radius 3 is 1.92 bits per heavy atom. The Morgan fingerprint density at radius 1 is 0.718 bits per heavy atom. The van der Waals surface area contributed by atoms with E-state index in [0.717, 1.165) is 23.2 Å². The first kappa shape index (κ1) is 26.7. The van der Waals surface area contributed by atoms with Crippen molar-refractivity contribution in [3.05, 3.63) is 101 Å². The van der Waals surface area contributed by atoms with Crippen LogP contribution >= 0.6 is 0 Å². The fourth-order valence-corrected chi connectivity index (χ4v) is 4.78. The van der Waals surface area contributed by atoms with Gasteiger partial charge < -0.3 is 9.47 Å². The minimum absolute atomic E-state index is 0.0819. The van der Waals surface area contributed by atoms with Gasteiger partial charge in [-0.05, 0) is 41.5 Å². The molecule has 0 bridgehead atoms. The molecule has 39 heavy (non-hydrogen) atoms. The van der Waals surface area contributed by atoms with E-state index in [-0.39, 0.29) is 43.0 Å².